The number of hydrogen-bond donors (Lipinski definition) is 0. The van der Waals surface area contributed by atoms with Gasteiger partial charge in [0.15, 0.2) is 5.78 Å². The van der Waals surface area contributed by atoms with Crippen LogP contribution < -0.4 is 0 Å². The topological polar surface area (TPSA) is 17.1 Å². The molecule has 10 aromatic carbocycles. The van der Waals surface area contributed by atoms with Gasteiger partial charge in [-0.1, -0.05) is 206 Å². The molecule has 1 heteroatoms. The van der Waals surface area contributed by atoms with Crippen LogP contribution in [0, 0.1) is 0 Å². The van der Waals surface area contributed by atoms with E-state index in [1.165, 1.54) is 94.6 Å². The Morgan fingerprint density at radius 3 is 1.20 bits per heavy atom. The molecule has 0 aromatic heterocycles. The molecule has 2 spiro atoms. The summed E-state index contributed by atoms with van der Waals surface area (Å²) in [7, 11) is 0. The number of hydrogen-bond acceptors (Lipinski definition) is 1. The molecule has 0 bridgehead atoms. The number of rotatable bonds is 2. The van der Waals surface area contributed by atoms with Crippen molar-refractivity contribution in [2.75, 3.05) is 0 Å². The number of ketones is 1. The summed E-state index contributed by atoms with van der Waals surface area (Å²) in [6, 6.07) is 81.0. The highest BCUT2D eigenvalue weighted by Gasteiger charge is 2.53. The Labute approximate surface area is 378 Å². The van der Waals surface area contributed by atoms with E-state index in [4.69, 9.17) is 0 Å². The highest BCUT2D eigenvalue weighted by molar-refractivity contribution is 6.09. The Morgan fingerprint density at radius 2 is 0.646 bits per heavy atom. The van der Waals surface area contributed by atoms with Gasteiger partial charge in [0.05, 0.1) is 10.8 Å². The van der Waals surface area contributed by atoms with E-state index in [-0.39, 0.29) is 5.78 Å². The van der Waals surface area contributed by atoms with Gasteiger partial charge in [-0.3, -0.25) is 4.79 Å². The normalized spacial score (nSPS) is 15.0. The molecule has 0 saturated carbocycles. The molecule has 1 nitrogen and oxygen atoms in total. The molecule has 0 saturated heterocycles. The molecule has 0 unspecified atom stereocenters. The Bertz CT molecular complexity index is 3680. The fourth-order valence-electron chi connectivity index (χ4n) is 13.3. The van der Waals surface area contributed by atoms with Crippen LogP contribution in [0.15, 0.2) is 218 Å². The number of fused-ring (bicyclic) bond motifs is 23. The van der Waals surface area contributed by atoms with Crippen molar-refractivity contribution in [3.63, 3.8) is 0 Å². The first-order valence-electron chi connectivity index (χ1n) is 22.8. The number of benzene rings is 10. The second-order valence-electron chi connectivity index (χ2n) is 18.5. The Hall–Kier alpha value is -8.13. The first kappa shape index (κ1) is 35.3. The van der Waals surface area contributed by atoms with Crippen molar-refractivity contribution < 1.29 is 4.79 Å². The summed E-state index contributed by atoms with van der Waals surface area (Å²) in [4.78, 5) is 14.4. The van der Waals surface area contributed by atoms with E-state index in [9.17, 15) is 4.79 Å². The standard InChI is InChI=1S/C64H38O/c65-61-37-41-34-40(43-20-13-27-59-62(43)51-19-6-12-26-58(51)63(59)53-21-7-1-14-45(53)46-15-2-8-22-54(46)63)30-31-42(41)44-32-28-38(35-52(44)61)39-29-33-50-49-18-5-11-25-57(49)64(60(50)36-39)55-23-9-3-16-47(55)48-17-4-10-24-56(48)64/h1-36H,37H2. The second kappa shape index (κ2) is 12.5. The van der Waals surface area contributed by atoms with Gasteiger partial charge < -0.3 is 0 Å². The van der Waals surface area contributed by atoms with Gasteiger partial charge in [-0.2, -0.15) is 0 Å². The summed E-state index contributed by atoms with van der Waals surface area (Å²) < 4.78 is 0. The Morgan fingerprint density at radius 1 is 0.262 bits per heavy atom. The fraction of sp³-hybridized carbons (Fsp3) is 0.0469. The lowest BCUT2D eigenvalue weighted by Crippen LogP contribution is -2.25. The predicted molar refractivity (Wildman–Crippen MR) is 263 cm³/mol. The summed E-state index contributed by atoms with van der Waals surface area (Å²) in [5.41, 5.74) is 28.7. The lowest BCUT2D eigenvalue weighted by molar-refractivity contribution is 0.0992. The van der Waals surface area contributed by atoms with Crippen molar-refractivity contribution in [1.29, 1.82) is 0 Å². The van der Waals surface area contributed by atoms with E-state index >= 15 is 0 Å². The van der Waals surface area contributed by atoms with Crippen LogP contribution in [0.4, 0.5) is 0 Å². The van der Waals surface area contributed by atoms with Gasteiger partial charge in [-0.25, -0.2) is 0 Å². The van der Waals surface area contributed by atoms with E-state index in [1.807, 2.05) is 0 Å². The lowest BCUT2D eigenvalue weighted by atomic mass is 9.70. The van der Waals surface area contributed by atoms with Crippen molar-refractivity contribution in [1.82, 2.24) is 0 Å². The molecular weight excluding hydrogens is 785 g/mol. The zero-order valence-corrected chi connectivity index (χ0v) is 35.4. The number of carbonyl (C=O) groups is 1. The zero-order valence-electron chi connectivity index (χ0n) is 35.4. The van der Waals surface area contributed by atoms with Crippen molar-refractivity contribution in [2.24, 2.45) is 0 Å². The molecule has 300 valence electrons. The van der Waals surface area contributed by atoms with Gasteiger partial charge in [0.25, 0.3) is 0 Å². The van der Waals surface area contributed by atoms with Crippen LogP contribution in [-0.4, -0.2) is 5.78 Å². The first-order valence-corrected chi connectivity index (χ1v) is 22.8. The minimum Gasteiger partial charge on any atom is -0.294 e. The smallest absolute Gasteiger partial charge is 0.167 e. The third-order valence-electron chi connectivity index (χ3n) is 15.7. The maximum atomic E-state index is 14.4. The van der Waals surface area contributed by atoms with Crippen LogP contribution in [0.2, 0.25) is 0 Å². The Balaban J connectivity index is 0.850. The minimum absolute atomic E-state index is 0.164. The molecule has 65 heavy (non-hydrogen) atoms. The van der Waals surface area contributed by atoms with E-state index < -0.39 is 10.8 Å². The van der Waals surface area contributed by atoms with Gasteiger partial charge in [0.1, 0.15) is 0 Å². The molecule has 0 radical (unpaired) electrons. The first-order chi connectivity index (χ1) is 32.2. The van der Waals surface area contributed by atoms with Crippen LogP contribution in [0.5, 0.6) is 0 Å². The van der Waals surface area contributed by atoms with Gasteiger partial charge in [0, 0.05) is 12.0 Å². The molecular formula is C64H38O. The van der Waals surface area contributed by atoms with Crippen LogP contribution in [-0.2, 0) is 17.3 Å². The largest absolute Gasteiger partial charge is 0.294 e. The van der Waals surface area contributed by atoms with Crippen LogP contribution in [0.3, 0.4) is 0 Å². The second-order valence-corrected chi connectivity index (χ2v) is 18.5. The molecule has 5 aliphatic carbocycles. The van der Waals surface area contributed by atoms with Crippen molar-refractivity contribution in [2.45, 2.75) is 17.3 Å². The molecule has 5 aliphatic rings. The molecule has 0 amide bonds. The summed E-state index contributed by atoms with van der Waals surface area (Å²) in [5.74, 6) is 0.164. The van der Waals surface area contributed by atoms with Crippen molar-refractivity contribution in [3.8, 4) is 77.9 Å². The maximum Gasteiger partial charge on any atom is 0.167 e. The van der Waals surface area contributed by atoms with Crippen molar-refractivity contribution in [3.05, 3.63) is 274 Å². The summed E-state index contributed by atoms with van der Waals surface area (Å²) in [6.07, 6.45) is 0.367. The monoisotopic (exact) mass is 822 g/mol. The van der Waals surface area contributed by atoms with Crippen LogP contribution in [0.25, 0.3) is 77.9 Å². The van der Waals surface area contributed by atoms with Gasteiger partial charge in [0.2, 0.25) is 0 Å². The van der Waals surface area contributed by atoms with E-state index in [1.54, 1.807) is 0 Å². The average molecular weight is 823 g/mol. The summed E-state index contributed by atoms with van der Waals surface area (Å²) in [5, 5.41) is 0. The zero-order chi connectivity index (χ0) is 42.6. The molecule has 15 rings (SSSR count). The molecule has 0 atom stereocenters. The highest BCUT2D eigenvalue weighted by Crippen LogP contribution is 2.65. The predicted octanol–water partition coefficient (Wildman–Crippen LogP) is 15.1. The SMILES string of the molecule is O=C1Cc2cc(-c3cccc4c3-c3ccccc3C43c4ccccc4-c4ccccc43)ccc2-c2ccc(-c3ccc4c(c3)C3(c5ccccc5-c5ccccc53)c3ccccc3-4)cc21. The molecule has 0 fully saturated rings. The lowest BCUT2D eigenvalue weighted by Gasteiger charge is -2.30. The van der Waals surface area contributed by atoms with Gasteiger partial charge >= 0.3 is 0 Å². The third-order valence-corrected chi connectivity index (χ3v) is 15.7. The van der Waals surface area contributed by atoms with Crippen LogP contribution >= 0.6 is 0 Å². The maximum absolute atomic E-state index is 14.4. The summed E-state index contributed by atoms with van der Waals surface area (Å²) in [6.45, 7) is 0. The van der Waals surface area contributed by atoms with E-state index in [2.05, 4.69) is 218 Å². The van der Waals surface area contributed by atoms with E-state index in [0.29, 0.717) is 6.42 Å². The minimum atomic E-state index is -0.413. The fourth-order valence-corrected chi connectivity index (χ4v) is 13.3. The average Bonchev–Trinajstić information content (AvgIpc) is 4.05. The summed E-state index contributed by atoms with van der Waals surface area (Å²) >= 11 is 0. The molecule has 0 N–H and O–H groups in total. The Kier molecular flexibility index (Phi) is 6.81. The highest BCUT2D eigenvalue weighted by atomic mass is 16.1. The number of carbonyl (C=O) groups excluding carboxylic acids is 1. The van der Waals surface area contributed by atoms with Gasteiger partial charge in [-0.15, -0.1) is 0 Å². The van der Waals surface area contributed by atoms with Crippen molar-refractivity contribution >= 4 is 5.78 Å². The van der Waals surface area contributed by atoms with E-state index in [0.717, 1.165) is 38.9 Å². The van der Waals surface area contributed by atoms with Crippen LogP contribution in [0.1, 0.15) is 60.4 Å². The molecule has 0 heterocycles. The quantitative estimate of drug-likeness (QED) is 0.170. The third kappa shape index (κ3) is 4.27. The number of Topliss-reactive ketones (excluding diaryl/α,β-unsaturated/α-hetero) is 1. The molecule has 0 aliphatic heterocycles. The molecule has 10 aromatic rings. The van der Waals surface area contributed by atoms with Gasteiger partial charge in [-0.05, 0) is 140 Å².